The molecule has 2 aliphatic rings. The van der Waals surface area contributed by atoms with E-state index in [0.29, 0.717) is 25.3 Å². The molecule has 2 atom stereocenters. The quantitative estimate of drug-likeness (QED) is 0.591. The van der Waals surface area contributed by atoms with Gasteiger partial charge in [-0.2, -0.15) is 0 Å². The average molecular weight is 253 g/mol. The number of hydrogen-bond acceptors (Lipinski definition) is 3. The third-order valence-electron chi connectivity index (χ3n) is 3.99. The molecule has 5 nitrogen and oxygen atoms in total. The molecule has 0 bridgehead atoms. The summed E-state index contributed by atoms with van der Waals surface area (Å²) in [5, 5.41) is 8.52. The van der Waals surface area contributed by atoms with Crippen LogP contribution in [0.25, 0.3) is 0 Å². The molecule has 2 rings (SSSR count). The zero-order valence-electron chi connectivity index (χ0n) is 10.6. The Morgan fingerprint density at radius 2 is 1.78 bits per heavy atom. The summed E-state index contributed by atoms with van der Waals surface area (Å²) in [6, 6.07) is 0. The summed E-state index contributed by atoms with van der Waals surface area (Å²) in [6.45, 7) is 2.46. The second-order valence-electron chi connectivity index (χ2n) is 5.47. The van der Waals surface area contributed by atoms with Crippen LogP contribution in [-0.2, 0) is 14.4 Å². The van der Waals surface area contributed by atoms with Crippen LogP contribution in [0.2, 0.25) is 0 Å². The minimum atomic E-state index is -0.834. The highest BCUT2D eigenvalue weighted by Crippen LogP contribution is 2.42. The van der Waals surface area contributed by atoms with E-state index < -0.39 is 5.97 Å². The molecule has 0 aromatic carbocycles. The fourth-order valence-electron chi connectivity index (χ4n) is 3.11. The number of imide groups is 1. The van der Waals surface area contributed by atoms with E-state index in [1.54, 1.807) is 0 Å². The molecule has 2 amide bonds. The van der Waals surface area contributed by atoms with E-state index in [1.165, 1.54) is 4.90 Å². The fourth-order valence-corrected chi connectivity index (χ4v) is 3.11. The van der Waals surface area contributed by atoms with E-state index in [-0.39, 0.29) is 30.1 Å². The number of hydrogen-bond donors (Lipinski definition) is 1. The molecule has 1 aliphatic carbocycles. The Kier molecular flexibility index (Phi) is 3.68. The number of carbonyl (C=O) groups excluding carboxylic acids is 2. The second kappa shape index (κ2) is 5.08. The molecular formula is C13H19NO4. The maximum Gasteiger partial charge on any atom is 0.303 e. The van der Waals surface area contributed by atoms with Crippen LogP contribution >= 0.6 is 0 Å². The normalized spacial score (nSPS) is 30.9. The zero-order chi connectivity index (χ0) is 13.3. The van der Waals surface area contributed by atoms with Crippen LogP contribution in [-0.4, -0.2) is 34.3 Å². The van der Waals surface area contributed by atoms with Crippen molar-refractivity contribution < 1.29 is 19.5 Å². The number of nitrogens with zero attached hydrogens (tertiary/aromatic N) is 1. The molecule has 100 valence electrons. The molecule has 1 saturated carbocycles. The van der Waals surface area contributed by atoms with E-state index in [4.69, 9.17) is 5.11 Å². The van der Waals surface area contributed by atoms with Gasteiger partial charge in [0.05, 0.1) is 11.8 Å². The highest BCUT2D eigenvalue weighted by Gasteiger charge is 2.51. The summed E-state index contributed by atoms with van der Waals surface area (Å²) in [5.74, 6) is -0.657. The molecule has 0 aromatic heterocycles. The highest BCUT2D eigenvalue weighted by atomic mass is 16.4. The smallest absolute Gasteiger partial charge is 0.303 e. The third-order valence-corrected chi connectivity index (χ3v) is 3.99. The lowest BCUT2D eigenvalue weighted by Gasteiger charge is -2.16. The average Bonchev–Trinajstić information content (AvgIpc) is 2.77. The first-order chi connectivity index (χ1) is 8.50. The summed E-state index contributed by atoms with van der Waals surface area (Å²) < 4.78 is 0. The Hall–Kier alpha value is -1.39. The van der Waals surface area contributed by atoms with Crippen molar-refractivity contribution in [2.45, 2.75) is 39.0 Å². The van der Waals surface area contributed by atoms with Crippen LogP contribution in [0.4, 0.5) is 0 Å². The van der Waals surface area contributed by atoms with Crippen LogP contribution in [0.3, 0.4) is 0 Å². The standard InChI is InChI=1S/C13H19NO4/c1-8-6-9-10(7-8)13(18)14(12(9)17)5-3-2-4-11(15)16/h8-10H,2-7H2,1H3,(H,15,16). The van der Waals surface area contributed by atoms with Gasteiger partial charge in [0, 0.05) is 13.0 Å². The molecule has 1 heterocycles. The lowest BCUT2D eigenvalue weighted by atomic mass is 10.00. The van der Waals surface area contributed by atoms with Crippen LogP contribution < -0.4 is 0 Å². The van der Waals surface area contributed by atoms with Crippen molar-refractivity contribution in [3.05, 3.63) is 0 Å². The van der Waals surface area contributed by atoms with Crippen molar-refractivity contribution in [2.75, 3.05) is 6.54 Å². The van der Waals surface area contributed by atoms with Gasteiger partial charge in [-0.25, -0.2) is 0 Å². The van der Waals surface area contributed by atoms with Crippen molar-refractivity contribution in [1.82, 2.24) is 4.90 Å². The zero-order valence-corrected chi connectivity index (χ0v) is 10.6. The molecule has 0 spiro atoms. The molecule has 5 heteroatoms. The Morgan fingerprint density at radius 3 is 2.28 bits per heavy atom. The van der Waals surface area contributed by atoms with Crippen LogP contribution in [0.5, 0.6) is 0 Å². The number of amides is 2. The number of likely N-dealkylation sites (tertiary alicyclic amines) is 1. The first-order valence-corrected chi connectivity index (χ1v) is 6.57. The SMILES string of the molecule is CC1CC2C(=O)N(CCCCC(=O)O)C(=O)C2C1. The van der Waals surface area contributed by atoms with Gasteiger partial charge in [-0.15, -0.1) is 0 Å². The van der Waals surface area contributed by atoms with E-state index in [2.05, 4.69) is 6.92 Å². The number of fused-ring (bicyclic) bond motifs is 1. The number of rotatable bonds is 5. The summed E-state index contributed by atoms with van der Waals surface area (Å²) in [6.07, 6.45) is 2.83. The first-order valence-electron chi connectivity index (χ1n) is 6.57. The number of unbranched alkanes of at least 4 members (excludes halogenated alkanes) is 1. The first kappa shape index (κ1) is 13.1. The lowest BCUT2D eigenvalue weighted by molar-refractivity contribution is -0.140. The summed E-state index contributed by atoms with van der Waals surface area (Å²) in [4.78, 5) is 35.8. The topological polar surface area (TPSA) is 74.7 Å². The molecule has 18 heavy (non-hydrogen) atoms. The van der Waals surface area contributed by atoms with Crippen molar-refractivity contribution in [1.29, 1.82) is 0 Å². The van der Waals surface area contributed by atoms with Crippen molar-refractivity contribution in [2.24, 2.45) is 17.8 Å². The van der Waals surface area contributed by atoms with Gasteiger partial charge in [-0.1, -0.05) is 6.92 Å². The molecule has 1 N–H and O–H groups in total. The molecule has 0 radical (unpaired) electrons. The van der Waals surface area contributed by atoms with E-state index in [0.717, 1.165) is 12.8 Å². The van der Waals surface area contributed by atoms with E-state index in [9.17, 15) is 14.4 Å². The van der Waals surface area contributed by atoms with Gasteiger partial charge in [0.15, 0.2) is 0 Å². The van der Waals surface area contributed by atoms with Gasteiger partial charge in [0.25, 0.3) is 0 Å². The number of aliphatic carboxylic acids is 1. The summed E-state index contributed by atoms with van der Waals surface area (Å²) >= 11 is 0. The van der Waals surface area contributed by atoms with Gasteiger partial charge in [0.1, 0.15) is 0 Å². The van der Waals surface area contributed by atoms with E-state index >= 15 is 0 Å². The minimum Gasteiger partial charge on any atom is -0.481 e. The monoisotopic (exact) mass is 253 g/mol. The number of carboxylic acid groups (broad SMARTS) is 1. The Bertz CT molecular complexity index is 355. The van der Waals surface area contributed by atoms with Crippen LogP contribution in [0, 0.1) is 17.8 Å². The Morgan fingerprint density at radius 1 is 1.22 bits per heavy atom. The van der Waals surface area contributed by atoms with Gasteiger partial charge < -0.3 is 5.11 Å². The van der Waals surface area contributed by atoms with Gasteiger partial charge in [-0.05, 0) is 31.6 Å². The summed E-state index contributed by atoms with van der Waals surface area (Å²) in [7, 11) is 0. The minimum absolute atomic E-state index is 0.0373. The lowest BCUT2D eigenvalue weighted by Crippen LogP contribution is -2.33. The van der Waals surface area contributed by atoms with Gasteiger partial charge in [-0.3, -0.25) is 19.3 Å². The van der Waals surface area contributed by atoms with Gasteiger partial charge in [0.2, 0.25) is 11.8 Å². The van der Waals surface area contributed by atoms with Crippen molar-refractivity contribution in [3.63, 3.8) is 0 Å². The molecule has 1 saturated heterocycles. The molecule has 0 aromatic rings. The van der Waals surface area contributed by atoms with Crippen molar-refractivity contribution >= 4 is 17.8 Å². The molecule has 2 unspecified atom stereocenters. The number of carbonyl (C=O) groups is 3. The molecule has 1 aliphatic heterocycles. The highest BCUT2D eigenvalue weighted by molar-refractivity contribution is 6.05. The predicted octanol–water partition coefficient (Wildman–Crippen LogP) is 1.27. The van der Waals surface area contributed by atoms with Gasteiger partial charge >= 0.3 is 5.97 Å². The second-order valence-corrected chi connectivity index (χ2v) is 5.47. The number of carboxylic acids is 1. The van der Waals surface area contributed by atoms with Crippen LogP contribution in [0.15, 0.2) is 0 Å². The molecular weight excluding hydrogens is 234 g/mol. The molecule has 2 fully saturated rings. The summed E-state index contributed by atoms with van der Waals surface area (Å²) in [5.41, 5.74) is 0. The Labute approximate surface area is 106 Å². The third kappa shape index (κ3) is 2.40. The van der Waals surface area contributed by atoms with Crippen LogP contribution in [0.1, 0.15) is 39.0 Å². The maximum atomic E-state index is 12.1. The van der Waals surface area contributed by atoms with Crippen molar-refractivity contribution in [3.8, 4) is 0 Å². The maximum absolute atomic E-state index is 12.1. The van der Waals surface area contributed by atoms with E-state index in [1.807, 2.05) is 0 Å². The largest absolute Gasteiger partial charge is 0.481 e. The Balaban J connectivity index is 1.86. The fraction of sp³-hybridized carbons (Fsp3) is 0.769. The predicted molar refractivity (Wildman–Crippen MR) is 63.6 cm³/mol.